The Morgan fingerprint density at radius 2 is 1.88 bits per heavy atom. The van der Waals surface area contributed by atoms with Crippen molar-refractivity contribution in [1.82, 2.24) is 5.32 Å². The molecule has 1 atom stereocenters. The van der Waals surface area contributed by atoms with Crippen LogP contribution in [0.4, 0.5) is 13.2 Å². The minimum absolute atomic E-state index is 0.0988. The van der Waals surface area contributed by atoms with E-state index < -0.39 is 37.0 Å². The Balaban J connectivity index is 2.03. The van der Waals surface area contributed by atoms with E-state index in [2.05, 4.69) is 10.1 Å². The molecule has 0 saturated carbocycles. The Labute approximate surface area is 150 Å². The number of carbonyl (C=O) groups is 2. The molecule has 2 aromatic rings. The summed E-state index contributed by atoms with van der Waals surface area (Å²) >= 11 is 0.930. The van der Waals surface area contributed by atoms with Crippen LogP contribution < -0.4 is 14.8 Å². The Hall–Kier alpha value is -2.75. The predicted octanol–water partition coefficient (Wildman–Crippen LogP) is 3.06. The molecule has 1 unspecified atom stereocenters. The summed E-state index contributed by atoms with van der Waals surface area (Å²) in [5.41, 5.74) is 0. The van der Waals surface area contributed by atoms with E-state index in [1.165, 1.54) is 18.2 Å². The van der Waals surface area contributed by atoms with E-state index in [9.17, 15) is 27.9 Å². The average molecular weight is 389 g/mol. The molecule has 6 nitrogen and oxygen atoms in total. The highest BCUT2D eigenvalue weighted by Crippen LogP contribution is 2.30. The molecular weight excluding hydrogens is 375 g/mol. The minimum Gasteiger partial charge on any atom is -0.478 e. The van der Waals surface area contributed by atoms with Gasteiger partial charge in [-0.1, -0.05) is 0 Å². The van der Waals surface area contributed by atoms with Crippen molar-refractivity contribution in [2.45, 2.75) is 19.6 Å². The number of aliphatic carboxylic acids is 1. The molecule has 140 valence electrons. The van der Waals surface area contributed by atoms with Gasteiger partial charge in [-0.3, -0.25) is 4.79 Å². The molecule has 2 N–H and O–H groups in total. The van der Waals surface area contributed by atoms with Crippen molar-refractivity contribution in [3.8, 4) is 11.5 Å². The van der Waals surface area contributed by atoms with Crippen LogP contribution in [0.15, 0.2) is 30.3 Å². The van der Waals surface area contributed by atoms with Crippen molar-refractivity contribution in [2.24, 2.45) is 0 Å². The lowest BCUT2D eigenvalue weighted by Crippen LogP contribution is -2.40. The van der Waals surface area contributed by atoms with Crippen molar-refractivity contribution in [1.29, 1.82) is 0 Å². The summed E-state index contributed by atoms with van der Waals surface area (Å²) in [6.07, 6.45) is -1.45. The fourth-order valence-corrected chi connectivity index (χ4v) is 2.82. The summed E-state index contributed by atoms with van der Waals surface area (Å²) in [4.78, 5) is 23.9. The molecule has 2 rings (SSSR count). The first-order chi connectivity index (χ1) is 12.3. The maximum absolute atomic E-state index is 12.9. The molecule has 0 aliphatic carbocycles. The number of carbonyl (C=O) groups excluding carboxylic acids is 1. The van der Waals surface area contributed by atoms with Gasteiger partial charge in [0.25, 0.3) is 5.91 Å². The van der Waals surface area contributed by atoms with E-state index in [4.69, 9.17) is 4.74 Å². The third kappa shape index (κ3) is 5.38. The number of alkyl halides is 2. The van der Waals surface area contributed by atoms with E-state index in [0.29, 0.717) is 4.88 Å². The lowest BCUT2D eigenvalue weighted by atomic mass is 10.3. The van der Waals surface area contributed by atoms with Gasteiger partial charge in [0.15, 0.2) is 0 Å². The van der Waals surface area contributed by atoms with E-state index in [1.54, 1.807) is 6.92 Å². The number of carboxylic acids is 1. The number of amides is 1. The number of nitrogens with one attached hydrogen (secondary N) is 1. The number of hydrogen-bond acceptors (Lipinski definition) is 5. The molecule has 0 bridgehead atoms. The Morgan fingerprint density at radius 3 is 2.46 bits per heavy atom. The molecular formula is C16H14F3NO5S. The summed E-state index contributed by atoms with van der Waals surface area (Å²) in [5.74, 6) is -2.83. The number of carboxylic acid groups (broad SMARTS) is 1. The van der Waals surface area contributed by atoms with E-state index >= 15 is 0 Å². The molecule has 0 spiro atoms. The lowest BCUT2D eigenvalue weighted by Gasteiger charge is -2.16. The van der Waals surface area contributed by atoms with Gasteiger partial charge in [0.2, 0.25) is 6.10 Å². The predicted molar refractivity (Wildman–Crippen MR) is 86.5 cm³/mol. The zero-order valence-corrected chi connectivity index (χ0v) is 14.2. The number of aryl methyl sites for hydroxylation is 1. The third-order valence-electron chi connectivity index (χ3n) is 3.06. The molecule has 1 amide bonds. The van der Waals surface area contributed by atoms with Gasteiger partial charge in [-0.15, -0.1) is 11.3 Å². The summed E-state index contributed by atoms with van der Waals surface area (Å²) in [7, 11) is 0. The van der Waals surface area contributed by atoms with Gasteiger partial charge >= 0.3 is 12.6 Å². The molecule has 0 aliphatic heterocycles. The van der Waals surface area contributed by atoms with Crippen LogP contribution in [0.5, 0.6) is 11.5 Å². The van der Waals surface area contributed by atoms with Crippen molar-refractivity contribution >= 4 is 23.2 Å². The highest BCUT2D eigenvalue weighted by molar-refractivity contribution is 7.14. The van der Waals surface area contributed by atoms with Crippen LogP contribution in [0.2, 0.25) is 0 Å². The smallest absolute Gasteiger partial charge is 0.387 e. The van der Waals surface area contributed by atoms with E-state index in [0.717, 1.165) is 23.5 Å². The Kier molecular flexibility index (Phi) is 6.45. The molecule has 0 saturated heterocycles. The van der Waals surface area contributed by atoms with Crippen LogP contribution in [-0.4, -0.2) is 36.2 Å². The highest BCUT2D eigenvalue weighted by atomic mass is 32.1. The first-order valence-electron chi connectivity index (χ1n) is 7.24. The number of rotatable bonds is 8. The number of thiophene rings is 1. The molecule has 0 fully saturated rings. The van der Waals surface area contributed by atoms with Gasteiger partial charge < -0.3 is 19.9 Å². The van der Waals surface area contributed by atoms with Gasteiger partial charge in [0, 0.05) is 4.88 Å². The number of halogens is 3. The topological polar surface area (TPSA) is 84.9 Å². The fraction of sp³-hybridized carbons (Fsp3) is 0.250. The van der Waals surface area contributed by atoms with Gasteiger partial charge in [0.05, 0.1) is 6.54 Å². The zero-order chi connectivity index (χ0) is 19.3. The second kappa shape index (κ2) is 8.56. The lowest BCUT2D eigenvalue weighted by molar-refractivity contribution is -0.144. The molecule has 0 radical (unpaired) electrons. The second-order valence-corrected chi connectivity index (χ2v) is 6.29. The van der Waals surface area contributed by atoms with Gasteiger partial charge in [-0.25, -0.2) is 9.18 Å². The maximum atomic E-state index is 12.9. The number of benzene rings is 1. The fourth-order valence-electron chi connectivity index (χ4n) is 1.96. The van der Waals surface area contributed by atoms with Crippen LogP contribution in [0.1, 0.15) is 14.5 Å². The molecule has 26 heavy (non-hydrogen) atoms. The van der Waals surface area contributed by atoms with E-state index in [1.807, 2.05) is 0 Å². The third-order valence-corrected chi connectivity index (χ3v) is 4.09. The van der Waals surface area contributed by atoms with Crippen molar-refractivity contribution in [3.05, 3.63) is 45.9 Å². The maximum Gasteiger partial charge on any atom is 0.387 e. The molecule has 1 aromatic heterocycles. The van der Waals surface area contributed by atoms with Crippen molar-refractivity contribution in [3.63, 3.8) is 0 Å². The van der Waals surface area contributed by atoms with Gasteiger partial charge in [-0.2, -0.15) is 8.78 Å². The van der Waals surface area contributed by atoms with Crippen LogP contribution >= 0.6 is 11.3 Å². The normalized spacial score (nSPS) is 11.9. The second-order valence-electron chi connectivity index (χ2n) is 5.04. The first kappa shape index (κ1) is 19.6. The first-order valence-corrected chi connectivity index (χ1v) is 8.06. The van der Waals surface area contributed by atoms with Crippen LogP contribution in [-0.2, 0) is 4.79 Å². The van der Waals surface area contributed by atoms with Crippen LogP contribution in [0.3, 0.4) is 0 Å². The minimum atomic E-state index is -3.09. The monoisotopic (exact) mass is 389 g/mol. The van der Waals surface area contributed by atoms with Crippen LogP contribution in [0, 0.1) is 12.7 Å². The van der Waals surface area contributed by atoms with Gasteiger partial charge in [-0.05, 0) is 37.3 Å². The Morgan fingerprint density at radius 1 is 1.23 bits per heavy atom. The highest BCUT2D eigenvalue weighted by Gasteiger charge is 2.24. The summed E-state index contributed by atoms with van der Waals surface area (Å²) in [5, 5.41) is 11.5. The zero-order valence-electron chi connectivity index (χ0n) is 13.4. The molecule has 1 heterocycles. The van der Waals surface area contributed by atoms with Crippen molar-refractivity contribution < 1.29 is 37.3 Å². The summed E-state index contributed by atoms with van der Waals surface area (Å²) < 4.78 is 47.1. The molecule has 1 aromatic carbocycles. The standard InChI is InChI=1S/C16H14F3NO5S/c1-8-6-11(25-16(18)19)13(26-8)14(21)20-7-12(15(22)23)24-10-4-2-9(17)3-5-10/h2-6,12,16H,7H2,1H3,(H,20,21)(H,22,23). The Bertz CT molecular complexity index is 779. The van der Waals surface area contributed by atoms with Gasteiger partial charge in [0.1, 0.15) is 22.2 Å². The number of hydrogen-bond donors (Lipinski definition) is 2. The molecule has 0 aliphatic rings. The summed E-state index contributed by atoms with van der Waals surface area (Å²) in [6.45, 7) is -1.92. The van der Waals surface area contributed by atoms with Crippen LogP contribution in [0.25, 0.3) is 0 Å². The number of ether oxygens (including phenoxy) is 2. The quantitative estimate of drug-likeness (QED) is 0.725. The average Bonchev–Trinajstić information content (AvgIpc) is 2.92. The van der Waals surface area contributed by atoms with E-state index in [-0.39, 0.29) is 16.4 Å². The van der Waals surface area contributed by atoms with Crippen molar-refractivity contribution in [2.75, 3.05) is 6.54 Å². The molecule has 10 heteroatoms. The summed E-state index contributed by atoms with van der Waals surface area (Å²) in [6, 6.07) is 5.95. The largest absolute Gasteiger partial charge is 0.478 e. The SMILES string of the molecule is Cc1cc(OC(F)F)c(C(=O)NCC(Oc2ccc(F)cc2)C(=O)O)s1.